The van der Waals surface area contributed by atoms with Crippen molar-refractivity contribution in [3.05, 3.63) is 41.6 Å². The molecule has 0 radical (unpaired) electrons. The van der Waals surface area contributed by atoms with E-state index in [9.17, 15) is 9.59 Å². The first-order valence-corrected chi connectivity index (χ1v) is 11.7. The molecule has 1 aliphatic rings. The smallest absolute Gasteiger partial charge is 0.318 e. The number of carbonyl (C=O) groups is 2. The van der Waals surface area contributed by atoms with Gasteiger partial charge in [0.25, 0.3) is 0 Å². The molecule has 1 aromatic carbocycles. The number of nitrogens with one attached hydrogen (secondary N) is 2. The maximum Gasteiger partial charge on any atom is 0.318 e. The van der Waals surface area contributed by atoms with E-state index in [4.69, 9.17) is 5.10 Å². The van der Waals surface area contributed by atoms with Crippen LogP contribution in [0.1, 0.15) is 71.1 Å². The summed E-state index contributed by atoms with van der Waals surface area (Å²) < 4.78 is 1.78. The molecule has 0 unspecified atom stereocenters. The van der Waals surface area contributed by atoms with Crippen LogP contribution in [0.15, 0.2) is 30.3 Å². The largest absolute Gasteiger partial charge is 0.335 e. The minimum Gasteiger partial charge on any atom is -0.335 e. The summed E-state index contributed by atoms with van der Waals surface area (Å²) in [7, 11) is 0. The normalized spacial score (nSPS) is 14.8. The number of nitrogens with zero attached hydrogens (tertiary/aromatic N) is 3. The Hall–Kier alpha value is -2.83. The lowest BCUT2D eigenvalue weighted by atomic mass is 9.92. The number of aromatic nitrogens is 2. The maximum atomic E-state index is 12.9. The van der Waals surface area contributed by atoms with E-state index in [-0.39, 0.29) is 29.9 Å². The van der Waals surface area contributed by atoms with Gasteiger partial charge in [0.05, 0.1) is 11.4 Å². The first-order chi connectivity index (χ1) is 15.2. The molecule has 2 N–H and O–H groups in total. The van der Waals surface area contributed by atoms with Gasteiger partial charge >= 0.3 is 6.03 Å². The number of hydrogen-bond acceptors (Lipinski definition) is 3. The van der Waals surface area contributed by atoms with Gasteiger partial charge < -0.3 is 15.5 Å². The average molecular weight is 440 g/mol. The van der Waals surface area contributed by atoms with Crippen LogP contribution in [0.3, 0.4) is 0 Å². The summed E-state index contributed by atoms with van der Waals surface area (Å²) >= 11 is 0. The van der Waals surface area contributed by atoms with Gasteiger partial charge in [-0.3, -0.25) is 4.79 Å². The Morgan fingerprint density at radius 3 is 2.47 bits per heavy atom. The maximum absolute atomic E-state index is 12.9. The van der Waals surface area contributed by atoms with E-state index in [1.807, 2.05) is 44.2 Å². The summed E-state index contributed by atoms with van der Waals surface area (Å²) in [5.41, 5.74) is 2.70. The van der Waals surface area contributed by atoms with E-state index >= 15 is 0 Å². The van der Waals surface area contributed by atoms with Crippen LogP contribution in [0, 0.1) is 6.92 Å². The number of benzene rings is 1. The topological polar surface area (TPSA) is 79.3 Å². The van der Waals surface area contributed by atoms with Crippen molar-refractivity contribution >= 4 is 17.8 Å². The van der Waals surface area contributed by atoms with Crippen LogP contribution in [0.2, 0.25) is 0 Å². The number of carbonyl (C=O) groups excluding carboxylic acids is 2. The van der Waals surface area contributed by atoms with Crippen LogP contribution in [0.25, 0.3) is 5.69 Å². The molecule has 0 atom stereocenters. The highest BCUT2D eigenvalue weighted by Crippen LogP contribution is 2.27. The monoisotopic (exact) mass is 439 g/mol. The molecular weight excluding hydrogens is 402 g/mol. The Morgan fingerprint density at radius 2 is 1.84 bits per heavy atom. The summed E-state index contributed by atoms with van der Waals surface area (Å²) in [5, 5.41) is 10.9. The zero-order valence-corrected chi connectivity index (χ0v) is 20.1. The van der Waals surface area contributed by atoms with Crippen molar-refractivity contribution < 1.29 is 9.59 Å². The van der Waals surface area contributed by atoms with Gasteiger partial charge in [-0.2, -0.15) is 5.10 Å². The fourth-order valence-electron chi connectivity index (χ4n) is 4.02. The van der Waals surface area contributed by atoms with Gasteiger partial charge in [0.15, 0.2) is 0 Å². The minimum atomic E-state index is -0.235. The van der Waals surface area contributed by atoms with Crippen LogP contribution in [0.4, 0.5) is 10.6 Å². The van der Waals surface area contributed by atoms with Gasteiger partial charge in [0.2, 0.25) is 5.91 Å². The van der Waals surface area contributed by atoms with E-state index < -0.39 is 0 Å². The summed E-state index contributed by atoms with van der Waals surface area (Å²) in [5.74, 6) is 0.374. The van der Waals surface area contributed by atoms with Gasteiger partial charge in [-0.25, -0.2) is 9.48 Å². The molecule has 7 nitrogen and oxygen atoms in total. The number of anilines is 1. The molecule has 1 saturated carbocycles. The van der Waals surface area contributed by atoms with Crippen LogP contribution >= 0.6 is 0 Å². The first-order valence-electron chi connectivity index (χ1n) is 11.7. The summed E-state index contributed by atoms with van der Waals surface area (Å²) in [6.07, 6.45) is 5.56. The number of para-hydroxylation sites is 1. The second-order valence-corrected chi connectivity index (χ2v) is 9.71. The summed E-state index contributed by atoms with van der Waals surface area (Å²) in [6.45, 7) is 10.7. The fraction of sp³-hybridized carbons (Fsp3) is 0.560. The molecule has 0 bridgehead atoms. The molecule has 7 heteroatoms. The molecular formula is C25H37N5O2. The molecule has 0 aliphatic heterocycles. The number of likely N-dealkylation sites (N-methyl/N-ethyl adjacent to an activating group) is 1. The first kappa shape index (κ1) is 23.8. The fourth-order valence-corrected chi connectivity index (χ4v) is 4.02. The molecule has 0 saturated heterocycles. The predicted octanol–water partition coefficient (Wildman–Crippen LogP) is 4.78. The highest BCUT2D eigenvalue weighted by molar-refractivity contribution is 5.94. The SMILES string of the molecule is CCN(CC(=O)Nc1cc(C(C)(C)C)nn1-c1ccccc1C)C(=O)NC1CCCCC1. The Kier molecular flexibility index (Phi) is 7.59. The molecule has 32 heavy (non-hydrogen) atoms. The summed E-state index contributed by atoms with van der Waals surface area (Å²) in [4.78, 5) is 27.2. The highest BCUT2D eigenvalue weighted by Gasteiger charge is 2.24. The Morgan fingerprint density at radius 1 is 1.16 bits per heavy atom. The predicted molar refractivity (Wildman–Crippen MR) is 128 cm³/mol. The van der Waals surface area contributed by atoms with Gasteiger partial charge in [0, 0.05) is 24.1 Å². The number of aryl methyl sites for hydroxylation is 1. The molecule has 174 valence electrons. The zero-order valence-electron chi connectivity index (χ0n) is 20.1. The van der Waals surface area contributed by atoms with E-state index in [1.54, 1.807) is 9.58 Å². The zero-order chi connectivity index (χ0) is 23.3. The quantitative estimate of drug-likeness (QED) is 0.680. The Labute approximate surface area is 191 Å². The molecule has 3 amide bonds. The lowest BCUT2D eigenvalue weighted by Gasteiger charge is -2.27. The van der Waals surface area contributed by atoms with E-state index in [0.29, 0.717) is 12.4 Å². The average Bonchev–Trinajstić information content (AvgIpc) is 3.17. The van der Waals surface area contributed by atoms with E-state index in [1.165, 1.54) is 6.42 Å². The molecule has 2 aromatic rings. The number of urea groups is 1. The minimum absolute atomic E-state index is 0.00113. The lowest BCUT2D eigenvalue weighted by molar-refractivity contribution is -0.116. The van der Waals surface area contributed by atoms with Gasteiger partial charge in [-0.1, -0.05) is 58.2 Å². The van der Waals surface area contributed by atoms with Crippen LogP contribution < -0.4 is 10.6 Å². The van der Waals surface area contributed by atoms with E-state index in [2.05, 4.69) is 31.4 Å². The van der Waals surface area contributed by atoms with Crippen LogP contribution in [-0.2, 0) is 10.2 Å². The summed E-state index contributed by atoms with van der Waals surface area (Å²) in [6, 6.07) is 9.91. The molecule has 1 fully saturated rings. The van der Waals surface area contributed by atoms with Crippen molar-refractivity contribution in [3.8, 4) is 5.69 Å². The van der Waals surface area contributed by atoms with Crippen molar-refractivity contribution in [1.82, 2.24) is 20.0 Å². The van der Waals surface area contributed by atoms with Crippen molar-refractivity contribution in [2.24, 2.45) is 0 Å². The molecule has 0 spiro atoms. The standard InChI is InChI=1S/C25H37N5O2/c1-6-29(24(32)26-19-13-8-7-9-14-19)17-23(31)27-22-16-21(25(3,4)5)28-30(22)20-15-11-10-12-18(20)2/h10-12,15-16,19H,6-9,13-14,17H2,1-5H3,(H,26,32)(H,27,31). The second kappa shape index (κ2) is 10.2. The van der Waals surface area contributed by atoms with Crippen LogP contribution in [-0.4, -0.2) is 45.8 Å². The molecule has 1 heterocycles. The number of amides is 3. The Bertz CT molecular complexity index is 938. The van der Waals surface area contributed by atoms with Crippen molar-refractivity contribution in [3.63, 3.8) is 0 Å². The number of rotatable bonds is 6. The van der Waals surface area contributed by atoms with Crippen LogP contribution in [0.5, 0.6) is 0 Å². The number of hydrogen-bond donors (Lipinski definition) is 2. The van der Waals surface area contributed by atoms with Gasteiger partial charge in [-0.15, -0.1) is 0 Å². The highest BCUT2D eigenvalue weighted by atomic mass is 16.2. The van der Waals surface area contributed by atoms with E-state index in [0.717, 1.165) is 42.6 Å². The Balaban J connectivity index is 1.75. The van der Waals surface area contributed by atoms with Gasteiger partial charge in [-0.05, 0) is 38.3 Å². The molecule has 1 aliphatic carbocycles. The third-order valence-electron chi connectivity index (χ3n) is 6.03. The lowest BCUT2D eigenvalue weighted by Crippen LogP contribution is -2.48. The third-order valence-corrected chi connectivity index (χ3v) is 6.03. The van der Waals surface area contributed by atoms with Crippen molar-refractivity contribution in [2.75, 3.05) is 18.4 Å². The second-order valence-electron chi connectivity index (χ2n) is 9.71. The van der Waals surface area contributed by atoms with Crippen molar-refractivity contribution in [1.29, 1.82) is 0 Å². The molecule has 1 aromatic heterocycles. The van der Waals surface area contributed by atoms with Gasteiger partial charge in [0.1, 0.15) is 12.4 Å². The molecule has 3 rings (SSSR count). The van der Waals surface area contributed by atoms with Crippen molar-refractivity contribution in [2.45, 2.75) is 78.2 Å². The third kappa shape index (κ3) is 5.90.